The van der Waals surface area contributed by atoms with E-state index in [0.29, 0.717) is 5.92 Å². The first-order valence-corrected chi connectivity index (χ1v) is 6.32. The standard InChI is InChI=1S/C12H20BrN3/c1-9(7-14-3)8-16(4)12-6-5-11(13)10(2)15-12/h5-6,9,14H,7-8H2,1-4H3. The summed E-state index contributed by atoms with van der Waals surface area (Å²) < 4.78 is 1.06. The summed E-state index contributed by atoms with van der Waals surface area (Å²) >= 11 is 3.46. The predicted molar refractivity (Wildman–Crippen MR) is 73.0 cm³/mol. The number of halogens is 1. The lowest BCUT2D eigenvalue weighted by Gasteiger charge is -2.22. The van der Waals surface area contributed by atoms with E-state index >= 15 is 0 Å². The number of aryl methyl sites for hydroxylation is 1. The molecule has 0 aromatic carbocycles. The molecule has 0 aliphatic rings. The van der Waals surface area contributed by atoms with Gasteiger partial charge in [0.2, 0.25) is 0 Å². The van der Waals surface area contributed by atoms with Gasteiger partial charge in [-0.15, -0.1) is 0 Å². The van der Waals surface area contributed by atoms with Gasteiger partial charge in [0.05, 0.1) is 5.69 Å². The first kappa shape index (κ1) is 13.5. The molecule has 0 aliphatic heterocycles. The van der Waals surface area contributed by atoms with E-state index < -0.39 is 0 Å². The predicted octanol–water partition coefficient (Wildman–Crippen LogP) is 2.44. The molecule has 16 heavy (non-hydrogen) atoms. The average molecular weight is 286 g/mol. The number of anilines is 1. The Bertz CT molecular complexity index is 341. The van der Waals surface area contributed by atoms with Crippen LogP contribution in [0.3, 0.4) is 0 Å². The van der Waals surface area contributed by atoms with Crippen LogP contribution in [0.4, 0.5) is 5.82 Å². The monoisotopic (exact) mass is 285 g/mol. The van der Waals surface area contributed by atoms with Gasteiger partial charge >= 0.3 is 0 Å². The highest BCUT2D eigenvalue weighted by atomic mass is 79.9. The second-order valence-corrected chi connectivity index (χ2v) is 5.13. The topological polar surface area (TPSA) is 28.2 Å². The lowest BCUT2D eigenvalue weighted by molar-refractivity contribution is 0.540. The quantitative estimate of drug-likeness (QED) is 0.901. The Hall–Kier alpha value is -0.610. The van der Waals surface area contributed by atoms with Crippen LogP contribution in [0.2, 0.25) is 0 Å². The molecule has 1 unspecified atom stereocenters. The summed E-state index contributed by atoms with van der Waals surface area (Å²) in [7, 11) is 4.07. The van der Waals surface area contributed by atoms with Gasteiger partial charge in [-0.3, -0.25) is 0 Å². The molecule has 1 heterocycles. The maximum Gasteiger partial charge on any atom is 0.128 e. The molecule has 4 heteroatoms. The van der Waals surface area contributed by atoms with Crippen molar-refractivity contribution < 1.29 is 0 Å². The summed E-state index contributed by atoms with van der Waals surface area (Å²) in [5.41, 5.74) is 1.03. The Kier molecular flexibility index (Phi) is 5.22. The fraction of sp³-hybridized carbons (Fsp3) is 0.583. The van der Waals surface area contributed by atoms with Crippen molar-refractivity contribution in [3.63, 3.8) is 0 Å². The van der Waals surface area contributed by atoms with Crippen LogP contribution in [0.25, 0.3) is 0 Å². The molecule has 0 bridgehead atoms. The zero-order valence-corrected chi connectivity index (χ0v) is 12.0. The van der Waals surface area contributed by atoms with Crippen molar-refractivity contribution in [2.45, 2.75) is 13.8 Å². The van der Waals surface area contributed by atoms with Crippen molar-refractivity contribution in [3.8, 4) is 0 Å². The first-order chi connectivity index (χ1) is 7.54. The Morgan fingerprint density at radius 2 is 2.19 bits per heavy atom. The zero-order valence-electron chi connectivity index (χ0n) is 10.4. The second kappa shape index (κ2) is 6.21. The molecule has 1 aromatic rings. The fourth-order valence-corrected chi connectivity index (χ4v) is 1.94. The molecule has 0 spiro atoms. The Balaban J connectivity index is 2.65. The summed E-state index contributed by atoms with van der Waals surface area (Å²) in [6, 6.07) is 4.10. The molecular formula is C12H20BrN3. The third kappa shape index (κ3) is 3.76. The van der Waals surface area contributed by atoms with Gasteiger partial charge < -0.3 is 10.2 Å². The minimum Gasteiger partial charge on any atom is -0.359 e. The maximum atomic E-state index is 4.54. The van der Waals surface area contributed by atoms with Gasteiger partial charge in [-0.25, -0.2) is 4.98 Å². The highest BCUT2D eigenvalue weighted by Crippen LogP contribution is 2.18. The minimum absolute atomic E-state index is 0.612. The number of rotatable bonds is 5. The number of pyridine rings is 1. The van der Waals surface area contributed by atoms with E-state index in [1.54, 1.807) is 0 Å². The molecule has 1 rings (SSSR count). The van der Waals surface area contributed by atoms with Gasteiger partial charge in [-0.1, -0.05) is 6.92 Å². The molecule has 3 nitrogen and oxygen atoms in total. The van der Waals surface area contributed by atoms with E-state index in [-0.39, 0.29) is 0 Å². The molecule has 90 valence electrons. The van der Waals surface area contributed by atoms with Crippen molar-refractivity contribution >= 4 is 21.7 Å². The molecule has 1 N–H and O–H groups in total. The first-order valence-electron chi connectivity index (χ1n) is 5.53. The van der Waals surface area contributed by atoms with Crippen molar-refractivity contribution in [1.29, 1.82) is 0 Å². The molecule has 0 saturated carbocycles. The van der Waals surface area contributed by atoms with Crippen molar-refractivity contribution in [2.75, 3.05) is 32.1 Å². The van der Waals surface area contributed by atoms with Gasteiger partial charge in [0.1, 0.15) is 5.82 Å². The van der Waals surface area contributed by atoms with Crippen LogP contribution in [0, 0.1) is 12.8 Å². The number of nitrogens with one attached hydrogen (secondary N) is 1. The van der Waals surface area contributed by atoms with Crippen LogP contribution in [-0.2, 0) is 0 Å². The van der Waals surface area contributed by atoms with Crippen molar-refractivity contribution in [1.82, 2.24) is 10.3 Å². The molecule has 1 aromatic heterocycles. The molecule has 0 radical (unpaired) electrons. The minimum atomic E-state index is 0.612. The summed E-state index contributed by atoms with van der Waals surface area (Å²) in [6.45, 7) is 6.28. The summed E-state index contributed by atoms with van der Waals surface area (Å²) in [5, 5.41) is 3.19. The van der Waals surface area contributed by atoms with E-state index in [9.17, 15) is 0 Å². The molecule has 0 saturated heterocycles. The van der Waals surface area contributed by atoms with Gasteiger partial charge in [-0.2, -0.15) is 0 Å². The summed E-state index contributed by atoms with van der Waals surface area (Å²) in [4.78, 5) is 6.74. The number of hydrogen-bond donors (Lipinski definition) is 1. The summed E-state index contributed by atoms with van der Waals surface area (Å²) in [5.74, 6) is 1.64. The lowest BCUT2D eigenvalue weighted by atomic mass is 10.1. The van der Waals surface area contributed by atoms with Crippen molar-refractivity contribution in [3.05, 3.63) is 22.3 Å². The maximum absolute atomic E-state index is 4.54. The van der Waals surface area contributed by atoms with Crippen LogP contribution < -0.4 is 10.2 Å². The van der Waals surface area contributed by atoms with Crippen molar-refractivity contribution in [2.24, 2.45) is 5.92 Å². The number of hydrogen-bond acceptors (Lipinski definition) is 3. The van der Waals surface area contributed by atoms with E-state index in [1.165, 1.54) is 0 Å². The SMILES string of the molecule is CNCC(C)CN(C)c1ccc(Br)c(C)n1. The molecule has 0 fully saturated rings. The summed E-state index contributed by atoms with van der Waals surface area (Å²) in [6.07, 6.45) is 0. The molecular weight excluding hydrogens is 266 g/mol. The third-order valence-electron chi connectivity index (χ3n) is 2.54. The van der Waals surface area contributed by atoms with Crippen LogP contribution in [-0.4, -0.2) is 32.2 Å². The van der Waals surface area contributed by atoms with E-state index in [2.05, 4.69) is 51.2 Å². The largest absolute Gasteiger partial charge is 0.359 e. The van der Waals surface area contributed by atoms with Gasteiger partial charge in [-0.05, 0) is 54.5 Å². The molecule has 0 amide bonds. The Morgan fingerprint density at radius 1 is 1.50 bits per heavy atom. The molecule has 0 aliphatic carbocycles. The van der Waals surface area contributed by atoms with Gasteiger partial charge in [0.25, 0.3) is 0 Å². The number of nitrogens with zero attached hydrogens (tertiary/aromatic N) is 2. The Morgan fingerprint density at radius 3 is 2.75 bits per heavy atom. The van der Waals surface area contributed by atoms with Gasteiger partial charge in [0, 0.05) is 18.1 Å². The van der Waals surface area contributed by atoms with Crippen LogP contribution >= 0.6 is 15.9 Å². The third-order valence-corrected chi connectivity index (χ3v) is 3.37. The highest BCUT2D eigenvalue weighted by molar-refractivity contribution is 9.10. The smallest absolute Gasteiger partial charge is 0.128 e. The van der Waals surface area contributed by atoms with E-state index in [4.69, 9.17) is 0 Å². The molecule has 1 atom stereocenters. The van der Waals surface area contributed by atoms with Crippen LogP contribution in [0.5, 0.6) is 0 Å². The number of aromatic nitrogens is 1. The second-order valence-electron chi connectivity index (χ2n) is 4.28. The van der Waals surface area contributed by atoms with E-state index in [1.807, 2.05) is 20.0 Å². The van der Waals surface area contributed by atoms with Crippen LogP contribution in [0.15, 0.2) is 16.6 Å². The average Bonchev–Trinajstić information content (AvgIpc) is 2.22. The van der Waals surface area contributed by atoms with Gasteiger partial charge in [0.15, 0.2) is 0 Å². The zero-order chi connectivity index (χ0) is 12.1. The Labute approximate surface area is 106 Å². The fourth-order valence-electron chi connectivity index (χ4n) is 1.72. The normalized spacial score (nSPS) is 12.6. The highest BCUT2D eigenvalue weighted by Gasteiger charge is 2.08. The lowest BCUT2D eigenvalue weighted by Crippen LogP contribution is -2.30. The van der Waals surface area contributed by atoms with E-state index in [0.717, 1.165) is 29.1 Å². The van der Waals surface area contributed by atoms with Crippen LogP contribution in [0.1, 0.15) is 12.6 Å².